The number of hydrogen-bond acceptors (Lipinski definition) is 3. The number of fused-ring (bicyclic) bond motifs is 1. The highest BCUT2D eigenvalue weighted by atomic mass is 15.2. The lowest BCUT2D eigenvalue weighted by Gasteiger charge is -2.00. The second-order valence-corrected chi connectivity index (χ2v) is 3.82. The molecule has 0 radical (unpaired) electrons. The average molecular weight is 224 g/mol. The largest absolute Gasteiger partial charge is 0.325 e. The maximum atomic E-state index is 5.56. The van der Waals surface area contributed by atoms with Crippen LogP contribution in [-0.2, 0) is 6.54 Å². The van der Waals surface area contributed by atoms with Crippen LogP contribution in [0.4, 0.5) is 0 Å². The van der Waals surface area contributed by atoms with Crippen LogP contribution < -0.4 is 5.73 Å². The van der Waals surface area contributed by atoms with E-state index in [0.717, 1.165) is 22.6 Å². The van der Waals surface area contributed by atoms with Gasteiger partial charge in [-0.2, -0.15) is 5.10 Å². The van der Waals surface area contributed by atoms with Gasteiger partial charge in [0.2, 0.25) is 0 Å². The molecule has 0 aliphatic heterocycles. The van der Waals surface area contributed by atoms with Crippen LogP contribution in [0.3, 0.4) is 0 Å². The summed E-state index contributed by atoms with van der Waals surface area (Å²) in [7, 11) is 0. The first kappa shape index (κ1) is 9.99. The topological polar surface area (TPSA) is 56.2 Å². The minimum atomic E-state index is 0.435. The molecule has 0 saturated heterocycles. The lowest BCUT2D eigenvalue weighted by molar-refractivity contribution is 0.934. The number of aromatic nitrogens is 3. The Hall–Kier alpha value is -2.20. The molecule has 0 spiro atoms. The van der Waals surface area contributed by atoms with Gasteiger partial charge in [0.25, 0.3) is 0 Å². The van der Waals surface area contributed by atoms with Crippen molar-refractivity contribution in [3.8, 4) is 11.3 Å². The Morgan fingerprint density at radius 1 is 1.06 bits per heavy atom. The first-order valence-corrected chi connectivity index (χ1v) is 5.47. The molecule has 0 bridgehead atoms. The van der Waals surface area contributed by atoms with Crippen molar-refractivity contribution >= 4 is 5.65 Å². The molecule has 2 N–H and O–H groups in total. The predicted molar refractivity (Wildman–Crippen MR) is 66.3 cm³/mol. The van der Waals surface area contributed by atoms with Gasteiger partial charge in [-0.1, -0.05) is 30.3 Å². The molecular weight excluding hydrogens is 212 g/mol. The van der Waals surface area contributed by atoms with E-state index < -0.39 is 0 Å². The van der Waals surface area contributed by atoms with Crippen LogP contribution >= 0.6 is 0 Å². The van der Waals surface area contributed by atoms with Crippen molar-refractivity contribution < 1.29 is 0 Å². The molecule has 84 valence electrons. The molecule has 0 aliphatic carbocycles. The Morgan fingerprint density at radius 2 is 1.88 bits per heavy atom. The molecular formula is C13H12N4. The zero-order chi connectivity index (χ0) is 11.7. The van der Waals surface area contributed by atoms with Gasteiger partial charge in [0.15, 0.2) is 5.65 Å². The molecule has 1 aromatic carbocycles. The van der Waals surface area contributed by atoms with Gasteiger partial charge in [0.1, 0.15) is 0 Å². The lowest BCUT2D eigenvalue weighted by atomic mass is 10.1. The van der Waals surface area contributed by atoms with E-state index >= 15 is 0 Å². The van der Waals surface area contributed by atoms with Gasteiger partial charge >= 0.3 is 0 Å². The maximum Gasteiger partial charge on any atom is 0.153 e. The third kappa shape index (κ3) is 1.79. The molecule has 4 nitrogen and oxygen atoms in total. The Morgan fingerprint density at radius 3 is 2.65 bits per heavy atom. The molecule has 0 unspecified atom stereocenters. The Labute approximate surface area is 98.7 Å². The number of rotatable bonds is 2. The number of benzene rings is 1. The molecule has 4 heteroatoms. The minimum Gasteiger partial charge on any atom is -0.325 e. The van der Waals surface area contributed by atoms with E-state index in [1.54, 1.807) is 4.52 Å². The number of imidazole rings is 1. The summed E-state index contributed by atoms with van der Waals surface area (Å²) in [6.45, 7) is 0.435. The van der Waals surface area contributed by atoms with E-state index in [1.807, 2.05) is 48.7 Å². The van der Waals surface area contributed by atoms with Crippen molar-refractivity contribution in [2.24, 2.45) is 5.73 Å². The predicted octanol–water partition coefficient (Wildman–Crippen LogP) is 1.85. The van der Waals surface area contributed by atoms with E-state index in [2.05, 4.69) is 10.1 Å². The van der Waals surface area contributed by atoms with E-state index in [-0.39, 0.29) is 0 Å². The third-order valence-corrected chi connectivity index (χ3v) is 2.65. The third-order valence-electron chi connectivity index (χ3n) is 2.65. The van der Waals surface area contributed by atoms with E-state index in [9.17, 15) is 0 Å². The van der Waals surface area contributed by atoms with Gasteiger partial charge in [0.05, 0.1) is 17.6 Å². The number of hydrogen-bond donors (Lipinski definition) is 1. The van der Waals surface area contributed by atoms with Gasteiger partial charge in [-0.05, 0) is 12.1 Å². The second kappa shape index (κ2) is 3.99. The van der Waals surface area contributed by atoms with Gasteiger partial charge in [0, 0.05) is 12.1 Å². The van der Waals surface area contributed by atoms with Gasteiger partial charge in [-0.25, -0.2) is 9.50 Å². The maximum absolute atomic E-state index is 5.56. The highest BCUT2D eigenvalue weighted by molar-refractivity contribution is 5.60. The van der Waals surface area contributed by atoms with Crippen LogP contribution in [0.5, 0.6) is 0 Å². The molecule has 2 heterocycles. The van der Waals surface area contributed by atoms with Crippen molar-refractivity contribution in [1.29, 1.82) is 0 Å². The smallest absolute Gasteiger partial charge is 0.153 e. The fourth-order valence-electron chi connectivity index (χ4n) is 1.79. The van der Waals surface area contributed by atoms with Crippen molar-refractivity contribution in [3.63, 3.8) is 0 Å². The normalized spacial score (nSPS) is 10.9. The summed E-state index contributed by atoms with van der Waals surface area (Å²) in [6, 6.07) is 14.0. The van der Waals surface area contributed by atoms with Crippen LogP contribution in [0.25, 0.3) is 16.9 Å². The van der Waals surface area contributed by atoms with Crippen molar-refractivity contribution in [3.05, 3.63) is 54.4 Å². The van der Waals surface area contributed by atoms with Crippen molar-refractivity contribution in [2.45, 2.75) is 6.54 Å². The molecule has 0 atom stereocenters. The van der Waals surface area contributed by atoms with Crippen LogP contribution in [0.1, 0.15) is 5.69 Å². The molecule has 17 heavy (non-hydrogen) atoms. The summed E-state index contributed by atoms with van der Waals surface area (Å²) in [5, 5.41) is 4.51. The Balaban J connectivity index is 2.13. The zero-order valence-corrected chi connectivity index (χ0v) is 9.24. The van der Waals surface area contributed by atoms with Crippen LogP contribution in [-0.4, -0.2) is 14.6 Å². The Kier molecular flexibility index (Phi) is 2.34. The quantitative estimate of drug-likeness (QED) is 0.722. The molecule has 0 amide bonds. The van der Waals surface area contributed by atoms with Crippen LogP contribution in [0.2, 0.25) is 0 Å². The number of nitrogens with zero attached hydrogens (tertiary/aromatic N) is 3. The van der Waals surface area contributed by atoms with Gasteiger partial charge < -0.3 is 5.73 Å². The lowest BCUT2D eigenvalue weighted by Crippen LogP contribution is -1.95. The highest BCUT2D eigenvalue weighted by Gasteiger charge is 2.03. The number of nitrogens with two attached hydrogens (primary N) is 1. The molecule has 2 aromatic heterocycles. The summed E-state index contributed by atoms with van der Waals surface area (Å²) >= 11 is 0. The van der Waals surface area contributed by atoms with E-state index in [1.165, 1.54) is 0 Å². The van der Waals surface area contributed by atoms with Crippen molar-refractivity contribution in [1.82, 2.24) is 14.6 Å². The second-order valence-electron chi connectivity index (χ2n) is 3.82. The molecule has 0 fully saturated rings. The van der Waals surface area contributed by atoms with E-state index in [4.69, 9.17) is 5.73 Å². The molecule has 3 rings (SSSR count). The summed E-state index contributed by atoms with van der Waals surface area (Å²) in [5.41, 5.74) is 9.26. The fraction of sp³-hybridized carbons (Fsp3) is 0.0769. The molecule has 0 saturated carbocycles. The summed E-state index contributed by atoms with van der Waals surface area (Å²) in [5.74, 6) is 0. The molecule has 3 aromatic rings. The first-order chi connectivity index (χ1) is 8.36. The fourth-order valence-corrected chi connectivity index (χ4v) is 1.79. The summed E-state index contributed by atoms with van der Waals surface area (Å²) in [6.07, 6.45) is 1.86. The van der Waals surface area contributed by atoms with Crippen LogP contribution in [0.15, 0.2) is 48.7 Å². The van der Waals surface area contributed by atoms with E-state index in [0.29, 0.717) is 6.54 Å². The molecule has 0 aliphatic rings. The van der Waals surface area contributed by atoms with Gasteiger partial charge in [-0.15, -0.1) is 0 Å². The van der Waals surface area contributed by atoms with Crippen molar-refractivity contribution in [2.75, 3.05) is 0 Å². The monoisotopic (exact) mass is 224 g/mol. The Bertz CT molecular complexity index is 643. The SMILES string of the molecule is NCc1cn2nc(-c3ccccc3)ccc2n1. The average Bonchev–Trinajstić information content (AvgIpc) is 2.81. The minimum absolute atomic E-state index is 0.435. The highest BCUT2D eigenvalue weighted by Crippen LogP contribution is 2.16. The summed E-state index contributed by atoms with van der Waals surface area (Å²) in [4.78, 5) is 4.34. The zero-order valence-electron chi connectivity index (χ0n) is 9.24. The first-order valence-electron chi connectivity index (χ1n) is 5.47. The summed E-state index contributed by atoms with van der Waals surface area (Å²) < 4.78 is 1.77. The standard InChI is InChI=1S/C13H12N4/c14-8-11-9-17-13(15-11)7-6-12(16-17)10-4-2-1-3-5-10/h1-7,9H,8,14H2. The van der Waals surface area contributed by atoms with Gasteiger partial charge in [-0.3, -0.25) is 0 Å². The van der Waals surface area contributed by atoms with Crippen LogP contribution in [0, 0.1) is 0 Å².